The molecular formula is C19H21ClFNO4S. The Hall–Kier alpha value is -1.86. The van der Waals surface area contributed by atoms with Crippen molar-refractivity contribution in [1.29, 1.82) is 0 Å². The Morgan fingerprint density at radius 3 is 2.63 bits per heavy atom. The molecule has 27 heavy (non-hydrogen) atoms. The van der Waals surface area contributed by atoms with Gasteiger partial charge in [-0.05, 0) is 49.1 Å². The van der Waals surface area contributed by atoms with Gasteiger partial charge in [-0.2, -0.15) is 0 Å². The Kier molecular flexibility index (Phi) is 6.22. The number of amides is 1. The molecule has 0 radical (unpaired) electrons. The van der Waals surface area contributed by atoms with E-state index in [1.54, 1.807) is 23.1 Å². The Labute approximate surface area is 163 Å². The second-order valence-corrected chi connectivity index (χ2v) is 9.40. The Morgan fingerprint density at radius 1 is 1.26 bits per heavy atom. The number of furan rings is 1. The van der Waals surface area contributed by atoms with E-state index >= 15 is 0 Å². The van der Waals surface area contributed by atoms with Crippen molar-refractivity contribution in [3.8, 4) is 0 Å². The molecule has 0 saturated carbocycles. The fourth-order valence-electron chi connectivity index (χ4n) is 3.28. The average Bonchev–Trinajstić information content (AvgIpc) is 3.15. The molecule has 0 aliphatic carbocycles. The minimum absolute atomic E-state index is 0.0303. The number of benzene rings is 1. The molecule has 146 valence electrons. The van der Waals surface area contributed by atoms with Crippen LogP contribution in [0, 0.1) is 5.82 Å². The molecule has 3 rings (SSSR count). The topological polar surface area (TPSA) is 67.6 Å². The molecular weight excluding hydrogens is 393 g/mol. The summed E-state index contributed by atoms with van der Waals surface area (Å²) in [5, 5.41) is -0.412. The van der Waals surface area contributed by atoms with Gasteiger partial charge < -0.3 is 9.32 Å². The monoisotopic (exact) mass is 413 g/mol. The van der Waals surface area contributed by atoms with Gasteiger partial charge in [-0.1, -0.05) is 17.7 Å². The molecule has 8 heteroatoms. The number of hydrogen-bond acceptors (Lipinski definition) is 4. The molecule has 0 N–H and O–H groups in total. The van der Waals surface area contributed by atoms with Crippen molar-refractivity contribution in [2.75, 3.05) is 13.1 Å². The van der Waals surface area contributed by atoms with Gasteiger partial charge in [-0.25, -0.2) is 12.8 Å². The Morgan fingerprint density at radius 2 is 2.00 bits per heavy atom. The molecule has 0 atom stereocenters. The van der Waals surface area contributed by atoms with Crippen LogP contribution in [0.3, 0.4) is 0 Å². The lowest BCUT2D eigenvalue weighted by atomic mass is 10.1. The van der Waals surface area contributed by atoms with Crippen LogP contribution < -0.4 is 0 Å². The number of aryl methyl sites for hydroxylation is 1. The number of carbonyl (C=O) groups excluding carboxylic acids is 1. The molecule has 1 amide bonds. The zero-order valence-corrected chi connectivity index (χ0v) is 16.3. The van der Waals surface area contributed by atoms with E-state index in [4.69, 9.17) is 16.0 Å². The van der Waals surface area contributed by atoms with Crippen molar-refractivity contribution in [3.63, 3.8) is 0 Å². The van der Waals surface area contributed by atoms with E-state index < -0.39 is 20.9 Å². The maximum Gasteiger partial charge on any atom is 0.222 e. The highest BCUT2D eigenvalue weighted by atomic mass is 35.5. The number of rotatable bonds is 6. The van der Waals surface area contributed by atoms with Crippen LogP contribution >= 0.6 is 11.6 Å². The van der Waals surface area contributed by atoms with E-state index in [1.807, 2.05) is 0 Å². The number of halogens is 2. The van der Waals surface area contributed by atoms with Crippen molar-refractivity contribution in [3.05, 3.63) is 58.8 Å². The molecule has 0 unspecified atom stereocenters. The maximum absolute atomic E-state index is 13.2. The van der Waals surface area contributed by atoms with E-state index in [0.29, 0.717) is 38.1 Å². The quantitative estimate of drug-likeness (QED) is 0.725. The summed E-state index contributed by atoms with van der Waals surface area (Å²) in [4.78, 5) is 14.1. The lowest BCUT2D eigenvalue weighted by Crippen LogP contribution is -2.42. The van der Waals surface area contributed by atoms with Gasteiger partial charge in [-0.3, -0.25) is 4.79 Å². The molecule has 1 saturated heterocycles. The summed E-state index contributed by atoms with van der Waals surface area (Å²) >= 11 is 5.75. The van der Waals surface area contributed by atoms with Crippen LogP contribution in [0.2, 0.25) is 5.02 Å². The summed E-state index contributed by atoms with van der Waals surface area (Å²) in [5.41, 5.74) is 0.797. The summed E-state index contributed by atoms with van der Waals surface area (Å²) in [6.07, 6.45) is 3.07. The molecule has 1 fully saturated rings. The lowest BCUT2D eigenvalue weighted by Gasteiger charge is -2.31. The first-order chi connectivity index (χ1) is 12.8. The minimum Gasteiger partial charge on any atom is -0.468 e. The first-order valence-corrected chi connectivity index (χ1v) is 10.9. The predicted molar refractivity (Wildman–Crippen MR) is 101 cm³/mol. The molecule has 1 aliphatic heterocycles. The van der Waals surface area contributed by atoms with Gasteiger partial charge in [0.2, 0.25) is 5.91 Å². The number of carbonyl (C=O) groups is 1. The van der Waals surface area contributed by atoms with Crippen LogP contribution in [-0.2, 0) is 26.8 Å². The third kappa shape index (κ3) is 5.11. The summed E-state index contributed by atoms with van der Waals surface area (Å²) in [6.45, 7) is 0.843. The number of likely N-dealkylation sites (tertiary alicyclic amines) is 1. The van der Waals surface area contributed by atoms with Gasteiger partial charge in [0, 0.05) is 19.5 Å². The fraction of sp³-hybridized carbons (Fsp3) is 0.421. The third-order valence-corrected chi connectivity index (χ3v) is 7.30. The number of sulfone groups is 1. The zero-order chi connectivity index (χ0) is 19.4. The van der Waals surface area contributed by atoms with Crippen molar-refractivity contribution < 1.29 is 22.0 Å². The molecule has 2 heterocycles. The van der Waals surface area contributed by atoms with Gasteiger partial charge in [0.15, 0.2) is 9.84 Å². The third-order valence-electron chi connectivity index (χ3n) is 4.84. The van der Waals surface area contributed by atoms with Crippen LogP contribution in [0.4, 0.5) is 4.39 Å². The van der Waals surface area contributed by atoms with Crippen LogP contribution in [-0.4, -0.2) is 37.6 Å². The standard InChI is InChI=1S/C19H21ClFNO4S/c20-17-12-14(3-5-18(17)21)4-6-19(23)22-9-7-16(8-10-22)27(24,25)13-15-2-1-11-26-15/h1-3,5,11-12,16H,4,6-10,13H2. The van der Waals surface area contributed by atoms with E-state index in [9.17, 15) is 17.6 Å². The summed E-state index contributed by atoms with van der Waals surface area (Å²) < 4.78 is 43.3. The van der Waals surface area contributed by atoms with Crippen LogP contribution in [0.25, 0.3) is 0 Å². The predicted octanol–water partition coefficient (Wildman–Crippen LogP) is 3.61. The van der Waals surface area contributed by atoms with E-state index in [-0.39, 0.29) is 23.1 Å². The van der Waals surface area contributed by atoms with Gasteiger partial charge in [0.1, 0.15) is 17.3 Å². The highest BCUT2D eigenvalue weighted by Gasteiger charge is 2.32. The second kappa shape index (κ2) is 8.44. The van der Waals surface area contributed by atoms with Gasteiger partial charge in [0.05, 0.1) is 16.5 Å². The molecule has 5 nitrogen and oxygen atoms in total. The van der Waals surface area contributed by atoms with Crippen molar-refractivity contribution in [2.45, 2.75) is 36.7 Å². The number of hydrogen-bond donors (Lipinski definition) is 0. The highest BCUT2D eigenvalue weighted by molar-refractivity contribution is 7.91. The largest absolute Gasteiger partial charge is 0.468 e. The smallest absolute Gasteiger partial charge is 0.222 e. The molecule has 0 spiro atoms. The number of piperidine rings is 1. The average molecular weight is 414 g/mol. The minimum atomic E-state index is -3.30. The SMILES string of the molecule is O=C(CCc1ccc(F)c(Cl)c1)N1CCC(S(=O)(=O)Cc2ccco2)CC1. The summed E-state index contributed by atoms with van der Waals surface area (Å²) in [7, 11) is -3.30. The van der Waals surface area contributed by atoms with Crippen molar-refractivity contribution in [1.82, 2.24) is 4.90 Å². The van der Waals surface area contributed by atoms with E-state index in [0.717, 1.165) is 5.56 Å². The van der Waals surface area contributed by atoms with Gasteiger partial charge in [0.25, 0.3) is 0 Å². The first kappa shape index (κ1) is 19.9. The summed E-state index contributed by atoms with van der Waals surface area (Å²) in [6, 6.07) is 7.75. The van der Waals surface area contributed by atoms with Crippen LogP contribution in [0.15, 0.2) is 41.0 Å². The zero-order valence-electron chi connectivity index (χ0n) is 14.7. The Bertz CT molecular complexity index is 890. The highest BCUT2D eigenvalue weighted by Crippen LogP contribution is 2.23. The molecule has 0 bridgehead atoms. The van der Waals surface area contributed by atoms with Crippen molar-refractivity contribution >= 4 is 27.3 Å². The maximum atomic E-state index is 13.2. The van der Waals surface area contributed by atoms with E-state index in [1.165, 1.54) is 18.4 Å². The lowest BCUT2D eigenvalue weighted by molar-refractivity contribution is -0.132. The Balaban J connectivity index is 1.49. The number of nitrogens with zero attached hydrogens (tertiary/aromatic N) is 1. The first-order valence-electron chi connectivity index (χ1n) is 8.81. The molecule has 1 aromatic carbocycles. The van der Waals surface area contributed by atoms with Crippen LogP contribution in [0.5, 0.6) is 0 Å². The summed E-state index contributed by atoms with van der Waals surface area (Å²) in [5.74, 6) is -0.183. The fourth-order valence-corrected chi connectivity index (χ4v) is 5.21. The van der Waals surface area contributed by atoms with Crippen molar-refractivity contribution in [2.24, 2.45) is 0 Å². The second-order valence-electron chi connectivity index (χ2n) is 6.72. The van der Waals surface area contributed by atoms with Crippen LogP contribution in [0.1, 0.15) is 30.6 Å². The van der Waals surface area contributed by atoms with Gasteiger partial charge in [-0.15, -0.1) is 0 Å². The normalized spacial score (nSPS) is 15.9. The molecule has 1 aliphatic rings. The van der Waals surface area contributed by atoms with Gasteiger partial charge >= 0.3 is 0 Å². The molecule has 2 aromatic rings. The molecule has 1 aromatic heterocycles. The van der Waals surface area contributed by atoms with E-state index in [2.05, 4.69) is 0 Å².